The molecule has 1 heterocycles. The van der Waals surface area contributed by atoms with Crippen LogP contribution in [0.3, 0.4) is 0 Å². The maximum Gasteiger partial charge on any atom is 0.0811 e. The van der Waals surface area contributed by atoms with Crippen LogP contribution in [0.5, 0.6) is 0 Å². The summed E-state index contributed by atoms with van der Waals surface area (Å²) >= 11 is 1.74. The van der Waals surface area contributed by atoms with Gasteiger partial charge in [-0.2, -0.15) is 0 Å². The van der Waals surface area contributed by atoms with E-state index in [0.717, 1.165) is 43.2 Å². The highest BCUT2D eigenvalue weighted by molar-refractivity contribution is 7.21. The number of benzene rings is 4. The number of hydrogen-bond acceptors (Lipinski definition) is 4. The molecular weight excluding hydrogens is 362 g/mol. The first-order valence-corrected chi connectivity index (χ1v) is 9.92. The van der Waals surface area contributed by atoms with Crippen molar-refractivity contribution in [1.29, 1.82) is 0 Å². The minimum Gasteiger partial charge on any atom is -0.355 e. The Balaban J connectivity index is 1.57. The van der Waals surface area contributed by atoms with Gasteiger partial charge in [-0.15, -0.1) is 11.3 Å². The molecule has 0 fully saturated rings. The van der Waals surface area contributed by atoms with Crippen LogP contribution in [0.25, 0.3) is 20.8 Å². The number of hydrogen-bond donors (Lipinski definition) is 1. The minimum atomic E-state index is 0.940. The van der Waals surface area contributed by atoms with Gasteiger partial charge in [0.05, 0.1) is 31.8 Å². The molecule has 0 spiro atoms. The molecular formula is C24H17N3S. The smallest absolute Gasteiger partial charge is 0.0811 e. The van der Waals surface area contributed by atoms with E-state index in [9.17, 15) is 0 Å². The standard InChI is InChI=1S/C24H17N3S/c1-3-7-17(8-4-1)25-19-11-13-21-23(15-19)28-24-16-20(12-14-22(24)27-21)26-18-9-5-2-6-10-18/h1-16,25H. The summed E-state index contributed by atoms with van der Waals surface area (Å²) in [7, 11) is 0. The van der Waals surface area contributed by atoms with E-state index in [1.54, 1.807) is 11.3 Å². The van der Waals surface area contributed by atoms with Crippen LogP contribution >= 0.6 is 11.3 Å². The lowest BCUT2D eigenvalue weighted by molar-refractivity contribution is 1.32. The van der Waals surface area contributed by atoms with Crippen molar-refractivity contribution in [2.75, 3.05) is 5.32 Å². The number of anilines is 2. The van der Waals surface area contributed by atoms with Gasteiger partial charge in [-0.1, -0.05) is 36.4 Å². The summed E-state index contributed by atoms with van der Waals surface area (Å²) in [4.78, 5) is 10.7. The predicted octanol–water partition coefficient (Wildman–Crippen LogP) is 6.38. The highest BCUT2D eigenvalue weighted by atomic mass is 32.1. The van der Waals surface area contributed by atoms with E-state index < -0.39 is 0 Å². The molecule has 3 aromatic carbocycles. The number of para-hydroxylation sites is 2. The third kappa shape index (κ3) is 3.50. The molecule has 0 amide bonds. The lowest BCUT2D eigenvalue weighted by Gasteiger charge is -2.09. The monoisotopic (exact) mass is 379 g/mol. The summed E-state index contributed by atoms with van der Waals surface area (Å²) in [5.74, 6) is 0. The van der Waals surface area contributed by atoms with Crippen LogP contribution in [0.4, 0.5) is 17.1 Å². The molecule has 28 heavy (non-hydrogen) atoms. The van der Waals surface area contributed by atoms with E-state index in [2.05, 4.69) is 41.7 Å². The fourth-order valence-electron chi connectivity index (χ4n) is 3.10. The van der Waals surface area contributed by atoms with Crippen molar-refractivity contribution < 1.29 is 0 Å². The van der Waals surface area contributed by atoms with Crippen molar-refractivity contribution in [3.05, 3.63) is 102 Å². The molecule has 0 saturated heterocycles. The quantitative estimate of drug-likeness (QED) is 0.369. The van der Waals surface area contributed by atoms with Gasteiger partial charge in [0.15, 0.2) is 0 Å². The molecule has 4 heteroatoms. The minimum absolute atomic E-state index is 0.940. The van der Waals surface area contributed by atoms with Crippen LogP contribution in [-0.4, -0.2) is 4.98 Å². The second-order valence-corrected chi connectivity index (χ2v) is 7.57. The van der Waals surface area contributed by atoms with Crippen molar-refractivity contribution in [1.82, 2.24) is 4.98 Å². The molecule has 0 aromatic heterocycles. The van der Waals surface area contributed by atoms with Gasteiger partial charge in [-0.05, 0) is 60.7 Å². The van der Waals surface area contributed by atoms with Crippen LogP contribution in [-0.2, 0) is 0 Å². The molecule has 2 aliphatic rings. The zero-order valence-electron chi connectivity index (χ0n) is 15.0. The maximum absolute atomic E-state index is 4.81. The number of aromatic nitrogens is 1. The Morgan fingerprint density at radius 1 is 0.714 bits per heavy atom. The molecule has 0 atom stereocenters. The zero-order chi connectivity index (χ0) is 18.8. The SMILES string of the molecule is c1ccc(N=c2ccc3nc4ccc(Nc5ccccc5)cc4sc-3c2)cc1. The Morgan fingerprint density at radius 3 is 2.32 bits per heavy atom. The molecule has 134 valence electrons. The summed E-state index contributed by atoms with van der Waals surface area (Å²) in [5.41, 5.74) is 5.08. The lowest BCUT2D eigenvalue weighted by Crippen LogP contribution is -2.01. The average molecular weight is 379 g/mol. The number of rotatable bonds is 3. The Hall–Kier alpha value is -3.50. The number of nitrogens with one attached hydrogen (secondary N) is 1. The molecule has 5 rings (SSSR count). The number of nitrogens with zero attached hydrogens (tertiary/aromatic N) is 2. The normalized spacial score (nSPS) is 11.8. The molecule has 1 N–H and O–H groups in total. The van der Waals surface area contributed by atoms with Crippen LogP contribution in [0, 0.1) is 0 Å². The van der Waals surface area contributed by atoms with Crippen molar-refractivity contribution in [3.8, 4) is 10.6 Å². The van der Waals surface area contributed by atoms with Gasteiger partial charge >= 0.3 is 0 Å². The summed E-state index contributed by atoms with van der Waals surface area (Å²) in [6, 6.07) is 32.7. The fourth-order valence-corrected chi connectivity index (χ4v) is 4.14. The van der Waals surface area contributed by atoms with Gasteiger partial charge in [0.1, 0.15) is 0 Å². The molecule has 0 radical (unpaired) electrons. The summed E-state index contributed by atoms with van der Waals surface area (Å²) in [6.07, 6.45) is 0. The van der Waals surface area contributed by atoms with Gasteiger partial charge < -0.3 is 5.32 Å². The van der Waals surface area contributed by atoms with Crippen LogP contribution in [0.15, 0.2) is 102 Å². The highest BCUT2D eigenvalue weighted by Gasteiger charge is 2.08. The Kier molecular flexibility index (Phi) is 4.31. The van der Waals surface area contributed by atoms with Crippen molar-refractivity contribution in [2.24, 2.45) is 4.99 Å². The van der Waals surface area contributed by atoms with Gasteiger partial charge in [0.2, 0.25) is 0 Å². The van der Waals surface area contributed by atoms with Crippen LogP contribution in [0.2, 0.25) is 0 Å². The van der Waals surface area contributed by atoms with Crippen LogP contribution in [0.1, 0.15) is 0 Å². The molecule has 0 saturated carbocycles. The first-order valence-electron chi connectivity index (χ1n) is 9.10. The van der Waals surface area contributed by atoms with Gasteiger partial charge in [0, 0.05) is 11.4 Å². The molecule has 3 aromatic rings. The molecule has 0 bridgehead atoms. The van der Waals surface area contributed by atoms with E-state index in [-0.39, 0.29) is 0 Å². The first-order chi connectivity index (χ1) is 13.8. The number of fused-ring (bicyclic) bond motifs is 2. The Labute approximate surface area is 167 Å². The van der Waals surface area contributed by atoms with E-state index in [4.69, 9.17) is 9.98 Å². The average Bonchev–Trinajstić information content (AvgIpc) is 2.74. The van der Waals surface area contributed by atoms with E-state index in [1.807, 2.05) is 60.7 Å². The van der Waals surface area contributed by atoms with Gasteiger partial charge in [-0.3, -0.25) is 0 Å². The van der Waals surface area contributed by atoms with E-state index >= 15 is 0 Å². The maximum atomic E-state index is 4.81. The Morgan fingerprint density at radius 2 is 1.50 bits per heavy atom. The third-order valence-electron chi connectivity index (χ3n) is 4.44. The second-order valence-electron chi connectivity index (χ2n) is 6.49. The van der Waals surface area contributed by atoms with Crippen LogP contribution < -0.4 is 10.7 Å². The molecule has 1 aliphatic heterocycles. The Bertz CT molecular complexity index is 1280. The summed E-state index contributed by atoms with van der Waals surface area (Å²) < 4.78 is 1.14. The largest absolute Gasteiger partial charge is 0.355 e. The van der Waals surface area contributed by atoms with Crippen molar-refractivity contribution >= 4 is 38.6 Å². The molecule has 0 unspecified atom stereocenters. The highest BCUT2D eigenvalue weighted by Crippen LogP contribution is 2.31. The fraction of sp³-hybridized carbons (Fsp3) is 0. The third-order valence-corrected chi connectivity index (χ3v) is 5.53. The molecule has 1 aliphatic carbocycles. The lowest BCUT2D eigenvalue weighted by atomic mass is 10.2. The van der Waals surface area contributed by atoms with Gasteiger partial charge in [-0.25, -0.2) is 9.98 Å². The van der Waals surface area contributed by atoms with E-state index in [0.29, 0.717) is 0 Å². The first kappa shape index (κ1) is 16.7. The zero-order valence-corrected chi connectivity index (χ0v) is 15.9. The second kappa shape index (κ2) is 7.25. The summed E-state index contributed by atoms with van der Waals surface area (Å²) in [6.45, 7) is 0. The topological polar surface area (TPSA) is 37.3 Å². The van der Waals surface area contributed by atoms with Gasteiger partial charge in [0.25, 0.3) is 0 Å². The van der Waals surface area contributed by atoms with Crippen molar-refractivity contribution in [2.45, 2.75) is 0 Å². The molecule has 3 nitrogen and oxygen atoms in total. The predicted molar refractivity (Wildman–Crippen MR) is 118 cm³/mol. The van der Waals surface area contributed by atoms with E-state index in [1.165, 1.54) is 0 Å². The summed E-state index contributed by atoms with van der Waals surface area (Å²) in [5, 5.41) is 4.39. The van der Waals surface area contributed by atoms with Crippen molar-refractivity contribution in [3.63, 3.8) is 0 Å².